The number of Topliss-reactive ketones (excluding diaryl/α,β-unsaturated/α-hetero) is 2. The van der Waals surface area contributed by atoms with Gasteiger partial charge in [-0.1, -0.05) is 30.3 Å². The minimum atomic E-state index is 0.00482. The third-order valence-corrected chi connectivity index (χ3v) is 4.50. The fraction of sp³-hybridized carbons (Fsp3) is 0.500. The van der Waals surface area contributed by atoms with Gasteiger partial charge in [0, 0.05) is 24.7 Å². The van der Waals surface area contributed by atoms with Gasteiger partial charge >= 0.3 is 0 Å². The van der Waals surface area contributed by atoms with Crippen molar-refractivity contribution < 1.29 is 9.59 Å². The summed E-state index contributed by atoms with van der Waals surface area (Å²) in [5, 5.41) is 0. The van der Waals surface area contributed by atoms with E-state index in [9.17, 15) is 9.59 Å². The lowest BCUT2D eigenvalue weighted by Gasteiger charge is -2.40. The van der Waals surface area contributed by atoms with E-state index in [0.717, 1.165) is 31.2 Å². The van der Waals surface area contributed by atoms with E-state index in [0.29, 0.717) is 18.1 Å². The Kier molecular flexibility index (Phi) is 3.02. The van der Waals surface area contributed by atoms with Crippen molar-refractivity contribution in [1.29, 1.82) is 0 Å². The average Bonchev–Trinajstić information content (AvgIpc) is 2.40. The quantitative estimate of drug-likeness (QED) is 0.816. The van der Waals surface area contributed by atoms with Crippen LogP contribution in [0, 0.1) is 17.8 Å². The molecule has 2 bridgehead atoms. The lowest BCUT2D eigenvalue weighted by Crippen LogP contribution is -2.42. The summed E-state index contributed by atoms with van der Waals surface area (Å²) >= 11 is 0. The molecule has 1 aromatic rings. The standard InChI is InChI=1S/C16H18O2/c17-15-10-12-6-7-13(15)14(8-12)16(18)9-11-4-2-1-3-5-11/h1-5,12-14H,6-10H2/t12-,13+,14+/m0/s1. The van der Waals surface area contributed by atoms with Gasteiger partial charge in [0.2, 0.25) is 0 Å². The summed E-state index contributed by atoms with van der Waals surface area (Å²) in [6.07, 6.45) is 4.24. The predicted octanol–water partition coefficient (Wildman–Crippen LogP) is 2.80. The number of carbonyl (C=O) groups is 2. The second-order valence-corrected chi connectivity index (χ2v) is 5.69. The average molecular weight is 242 g/mol. The molecule has 0 radical (unpaired) electrons. The molecule has 4 rings (SSSR count). The molecule has 0 N–H and O–H groups in total. The topological polar surface area (TPSA) is 34.1 Å². The first-order chi connectivity index (χ1) is 8.74. The molecular weight excluding hydrogens is 224 g/mol. The number of carbonyl (C=O) groups excluding carboxylic acids is 2. The van der Waals surface area contributed by atoms with Crippen LogP contribution < -0.4 is 0 Å². The van der Waals surface area contributed by atoms with Gasteiger partial charge in [-0.3, -0.25) is 9.59 Å². The zero-order valence-corrected chi connectivity index (χ0v) is 10.5. The minimum absolute atomic E-state index is 0.00482. The van der Waals surface area contributed by atoms with E-state index in [-0.39, 0.29) is 17.6 Å². The van der Waals surface area contributed by atoms with E-state index >= 15 is 0 Å². The first kappa shape index (κ1) is 11.6. The molecule has 3 saturated carbocycles. The third kappa shape index (κ3) is 2.12. The molecule has 3 atom stereocenters. The Hall–Kier alpha value is -1.44. The van der Waals surface area contributed by atoms with Crippen LogP contribution in [0.15, 0.2) is 30.3 Å². The highest BCUT2D eigenvalue weighted by Crippen LogP contribution is 2.43. The minimum Gasteiger partial charge on any atom is -0.299 e. The van der Waals surface area contributed by atoms with Crippen molar-refractivity contribution in [2.75, 3.05) is 0 Å². The number of ketones is 2. The van der Waals surface area contributed by atoms with Crippen molar-refractivity contribution in [3.05, 3.63) is 35.9 Å². The van der Waals surface area contributed by atoms with Crippen LogP contribution in [0.25, 0.3) is 0 Å². The summed E-state index contributed by atoms with van der Waals surface area (Å²) in [6, 6.07) is 9.85. The van der Waals surface area contributed by atoms with Gasteiger partial charge in [0.05, 0.1) is 0 Å². The lowest BCUT2D eigenvalue weighted by molar-refractivity contribution is -0.140. The molecule has 18 heavy (non-hydrogen) atoms. The van der Waals surface area contributed by atoms with Gasteiger partial charge in [0.1, 0.15) is 11.6 Å². The van der Waals surface area contributed by atoms with E-state index in [2.05, 4.69) is 0 Å². The van der Waals surface area contributed by atoms with Gasteiger partial charge in [0.25, 0.3) is 0 Å². The molecule has 3 fully saturated rings. The largest absolute Gasteiger partial charge is 0.299 e. The van der Waals surface area contributed by atoms with E-state index in [1.54, 1.807) is 0 Å². The highest BCUT2D eigenvalue weighted by molar-refractivity contribution is 5.92. The first-order valence-electron chi connectivity index (χ1n) is 6.83. The molecule has 94 valence electrons. The maximum absolute atomic E-state index is 12.4. The normalized spacial score (nSPS) is 30.4. The van der Waals surface area contributed by atoms with Gasteiger partial charge in [-0.25, -0.2) is 0 Å². The monoisotopic (exact) mass is 242 g/mol. The van der Waals surface area contributed by atoms with Gasteiger partial charge in [-0.05, 0) is 30.7 Å². The number of fused-ring (bicyclic) bond motifs is 3. The van der Waals surface area contributed by atoms with Crippen LogP contribution in [0.2, 0.25) is 0 Å². The third-order valence-electron chi connectivity index (χ3n) is 4.50. The number of rotatable bonds is 3. The van der Waals surface area contributed by atoms with E-state index in [1.165, 1.54) is 0 Å². The molecule has 2 nitrogen and oxygen atoms in total. The fourth-order valence-electron chi connectivity index (χ4n) is 3.55. The maximum Gasteiger partial charge on any atom is 0.141 e. The molecule has 2 heteroatoms. The van der Waals surface area contributed by atoms with Crippen LogP contribution in [0.4, 0.5) is 0 Å². The molecule has 1 aromatic carbocycles. The Morgan fingerprint density at radius 1 is 1.17 bits per heavy atom. The fourth-order valence-corrected chi connectivity index (χ4v) is 3.55. The smallest absolute Gasteiger partial charge is 0.141 e. The number of hydrogen-bond acceptors (Lipinski definition) is 2. The second-order valence-electron chi connectivity index (χ2n) is 5.69. The molecule has 3 aliphatic carbocycles. The predicted molar refractivity (Wildman–Crippen MR) is 69.1 cm³/mol. The SMILES string of the molecule is O=C1C[C@H]2CC[C@@H]1[C@H](C(=O)Cc1ccccc1)C2. The first-order valence-corrected chi connectivity index (χ1v) is 6.83. The van der Waals surface area contributed by atoms with Gasteiger partial charge in [-0.15, -0.1) is 0 Å². The van der Waals surface area contributed by atoms with E-state index < -0.39 is 0 Å². The van der Waals surface area contributed by atoms with Gasteiger partial charge in [0.15, 0.2) is 0 Å². The molecule has 3 aliphatic rings. The summed E-state index contributed by atoms with van der Waals surface area (Å²) in [5.74, 6) is 1.12. The Balaban J connectivity index is 1.72. The van der Waals surface area contributed by atoms with E-state index in [4.69, 9.17) is 0 Å². The maximum atomic E-state index is 12.4. The Morgan fingerprint density at radius 3 is 2.61 bits per heavy atom. The summed E-state index contributed by atoms with van der Waals surface area (Å²) in [5.41, 5.74) is 1.07. The van der Waals surface area contributed by atoms with Crippen LogP contribution in [0.3, 0.4) is 0 Å². The molecule has 0 saturated heterocycles. The van der Waals surface area contributed by atoms with Crippen LogP contribution in [-0.4, -0.2) is 11.6 Å². The Morgan fingerprint density at radius 2 is 1.94 bits per heavy atom. The van der Waals surface area contributed by atoms with Gasteiger partial charge in [-0.2, -0.15) is 0 Å². The Labute approximate surface area is 107 Å². The summed E-state index contributed by atoms with van der Waals surface area (Å²) < 4.78 is 0. The van der Waals surface area contributed by atoms with Crippen molar-refractivity contribution in [2.24, 2.45) is 17.8 Å². The molecule has 0 heterocycles. The zero-order valence-electron chi connectivity index (χ0n) is 10.5. The molecule has 0 aromatic heterocycles. The van der Waals surface area contributed by atoms with Crippen molar-refractivity contribution in [1.82, 2.24) is 0 Å². The van der Waals surface area contributed by atoms with Gasteiger partial charge < -0.3 is 0 Å². The van der Waals surface area contributed by atoms with Crippen LogP contribution >= 0.6 is 0 Å². The van der Waals surface area contributed by atoms with Crippen LogP contribution in [-0.2, 0) is 16.0 Å². The molecular formula is C16H18O2. The highest BCUT2D eigenvalue weighted by atomic mass is 16.1. The summed E-state index contributed by atoms with van der Waals surface area (Å²) in [4.78, 5) is 24.2. The van der Waals surface area contributed by atoms with Crippen molar-refractivity contribution in [2.45, 2.75) is 32.1 Å². The number of hydrogen-bond donors (Lipinski definition) is 0. The lowest BCUT2D eigenvalue weighted by atomic mass is 9.62. The van der Waals surface area contributed by atoms with Crippen molar-refractivity contribution in [3.8, 4) is 0 Å². The van der Waals surface area contributed by atoms with E-state index in [1.807, 2.05) is 30.3 Å². The van der Waals surface area contributed by atoms with Crippen molar-refractivity contribution in [3.63, 3.8) is 0 Å². The molecule has 0 aliphatic heterocycles. The van der Waals surface area contributed by atoms with Crippen LogP contribution in [0.5, 0.6) is 0 Å². The van der Waals surface area contributed by atoms with Crippen molar-refractivity contribution >= 4 is 11.6 Å². The highest BCUT2D eigenvalue weighted by Gasteiger charge is 2.43. The molecule has 0 amide bonds. The zero-order chi connectivity index (χ0) is 12.5. The summed E-state index contributed by atoms with van der Waals surface area (Å²) in [7, 11) is 0. The van der Waals surface area contributed by atoms with Crippen LogP contribution in [0.1, 0.15) is 31.2 Å². The molecule has 0 spiro atoms. The number of benzene rings is 1. The second kappa shape index (κ2) is 4.68. The summed E-state index contributed by atoms with van der Waals surface area (Å²) in [6.45, 7) is 0. The Bertz CT molecular complexity index is 463. The molecule has 0 unspecified atom stereocenters.